The highest BCUT2D eigenvalue weighted by atomic mass is 32.2. The SMILES string of the molecule is Cn1c(-c2ccccc2F)nnc1S(=O)(=O)CC(C)(C)O. The number of hydrogen-bond acceptors (Lipinski definition) is 5. The van der Waals surface area contributed by atoms with Crippen molar-refractivity contribution in [2.24, 2.45) is 7.05 Å². The minimum atomic E-state index is -3.83. The van der Waals surface area contributed by atoms with Gasteiger partial charge in [0.25, 0.3) is 0 Å². The first-order valence-corrected chi connectivity index (χ1v) is 7.86. The van der Waals surface area contributed by atoms with Crippen molar-refractivity contribution in [3.05, 3.63) is 30.1 Å². The lowest BCUT2D eigenvalue weighted by molar-refractivity contribution is 0.105. The Morgan fingerprint density at radius 3 is 2.48 bits per heavy atom. The van der Waals surface area contributed by atoms with Gasteiger partial charge in [-0.2, -0.15) is 0 Å². The Morgan fingerprint density at radius 2 is 1.90 bits per heavy atom. The number of aliphatic hydroxyl groups is 1. The lowest BCUT2D eigenvalue weighted by Crippen LogP contribution is -2.31. The molecule has 1 aromatic carbocycles. The molecule has 0 aliphatic heterocycles. The molecule has 0 amide bonds. The van der Waals surface area contributed by atoms with Gasteiger partial charge in [0.05, 0.1) is 16.9 Å². The first kappa shape index (κ1) is 15.6. The van der Waals surface area contributed by atoms with Gasteiger partial charge in [0, 0.05) is 7.05 Å². The Labute approximate surface area is 122 Å². The second-order valence-electron chi connectivity index (χ2n) is 5.42. The van der Waals surface area contributed by atoms with Crippen LogP contribution in [0.25, 0.3) is 11.4 Å². The third-order valence-electron chi connectivity index (χ3n) is 2.77. The van der Waals surface area contributed by atoms with Crippen molar-refractivity contribution in [1.29, 1.82) is 0 Å². The molecule has 0 radical (unpaired) electrons. The average molecular weight is 313 g/mol. The van der Waals surface area contributed by atoms with E-state index in [4.69, 9.17) is 0 Å². The third-order valence-corrected chi connectivity index (χ3v) is 4.77. The lowest BCUT2D eigenvalue weighted by atomic mass is 10.2. The summed E-state index contributed by atoms with van der Waals surface area (Å²) in [6.07, 6.45) is 0. The molecule has 0 saturated carbocycles. The van der Waals surface area contributed by atoms with Crippen molar-refractivity contribution >= 4 is 9.84 Å². The highest BCUT2D eigenvalue weighted by molar-refractivity contribution is 7.91. The van der Waals surface area contributed by atoms with Crippen LogP contribution < -0.4 is 0 Å². The van der Waals surface area contributed by atoms with Gasteiger partial charge in [-0.15, -0.1) is 10.2 Å². The standard InChI is InChI=1S/C13H16FN3O3S/c1-13(2,18)8-21(19,20)12-16-15-11(17(12)3)9-6-4-5-7-10(9)14/h4-7,18H,8H2,1-3H3. The molecule has 114 valence electrons. The van der Waals surface area contributed by atoms with Crippen LogP contribution in [0, 0.1) is 5.82 Å². The van der Waals surface area contributed by atoms with Crippen molar-refractivity contribution in [1.82, 2.24) is 14.8 Å². The molecule has 6 nitrogen and oxygen atoms in total. The molecule has 21 heavy (non-hydrogen) atoms. The summed E-state index contributed by atoms with van der Waals surface area (Å²) in [6, 6.07) is 5.90. The zero-order valence-corrected chi connectivity index (χ0v) is 12.7. The summed E-state index contributed by atoms with van der Waals surface area (Å²) >= 11 is 0. The topological polar surface area (TPSA) is 85.1 Å². The van der Waals surface area contributed by atoms with Gasteiger partial charge in [0.1, 0.15) is 5.82 Å². The van der Waals surface area contributed by atoms with Gasteiger partial charge in [0.2, 0.25) is 15.0 Å². The van der Waals surface area contributed by atoms with E-state index in [0.717, 1.165) is 0 Å². The van der Waals surface area contributed by atoms with E-state index in [1.165, 1.54) is 43.7 Å². The van der Waals surface area contributed by atoms with E-state index >= 15 is 0 Å². The van der Waals surface area contributed by atoms with E-state index in [0.29, 0.717) is 0 Å². The highest BCUT2D eigenvalue weighted by Gasteiger charge is 2.30. The highest BCUT2D eigenvalue weighted by Crippen LogP contribution is 2.23. The minimum absolute atomic E-state index is 0.113. The Kier molecular flexibility index (Phi) is 3.85. The number of nitrogens with zero attached hydrogens (tertiary/aromatic N) is 3. The van der Waals surface area contributed by atoms with Crippen LogP contribution in [0.2, 0.25) is 0 Å². The molecule has 0 saturated heterocycles. The maximum absolute atomic E-state index is 13.8. The molecule has 0 aliphatic carbocycles. The number of aromatic nitrogens is 3. The smallest absolute Gasteiger partial charge is 0.249 e. The fourth-order valence-corrected chi connectivity index (χ4v) is 3.72. The van der Waals surface area contributed by atoms with E-state index < -0.39 is 27.0 Å². The first-order valence-electron chi connectivity index (χ1n) is 6.21. The summed E-state index contributed by atoms with van der Waals surface area (Å²) in [5.41, 5.74) is -1.24. The number of hydrogen-bond donors (Lipinski definition) is 1. The Hall–Kier alpha value is -1.80. The van der Waals surface area contributed by atoms with Crippen LogP contribution in [-0.2, 0) is 16.9 Å². The molecule has 0 bridgehead atoms. The number of halogens is 1. The molecular formula is C13H16FN3O3S. The van der Waals surface area contributed by atoms with Crippen molar-refractivity contribution < 1.29 is 17.9 Å². The molecular weight excluding hydrogens is 297 g/mol. The van der Waals surface area contributed by atoms with Gasteiger partial charge in [-0.25, -0.2) is 12.8 Å². The summed E-state index contributed by atoms with van der Waals surface area (Å²) in [5.74, 6) is -0.898. The maximum Gasteiger partial charge on any atom is 0.249 e. The summed E-state index contributed by atoms with van der Waals surface area (Å²) in [7, 11) is -2.39. The van der Waals surface area contributed by atoms with Crippen molar-refractivity contribution in [2.45, 2.75) is 24.6 Å². The fourth-order valence-electron chi connectivity index (χ4n) is 1.99. The Balaban J connectivity index is 2.50. The second kappa shape index (κ2) is 5.19. The molecule has 2 rings (SSSR count). The lowest BCUT2D eigenvalue weighted by Gasteiger charge is -2.16. The van der Waals surface area contributed by atoms with Crippen molar-refractivity contribution in [3.63, 3.8) is 0 Å². The molecule has 0 aliphatic rings. The Bertz CT molecular complexity index is 763. The third kappa shape index (κ3) is 3.27. The number of benzene rings is 1. The summed E-state index contributed by atoms with van der Waals surface area (Å²) < 4.78 is 39.4. The van der Waals surface area contributed by atoms with Crippen LogP contribution in [0.4, 0.5) is 4.39 Å². The molecule has 1 aromatic heterocycles. The predicted molar refractivity (Wildman–Crippen MR) is 74.7 cm³/mol. The van der Waals surface area contributed by atoms with Crippen molar-refractivity contribution in [3.8, 4) is 11.4 Å². The fraction of sp³-hybridized carbons (Fsp3) is 0.385. The number of rotatable bonds is 4. The van der Waals surface area contributed by atoms with E-state index in [9.17, 15) is 17.9 Å². The normalized spacial score (nSPS) is 12.6. The van der Waals surface area contributed by atoms with E-state index in [1.54, 1.807) is 6.07 Å². The maximum atomic E-state index is 13.8. The van der Waals surface area contributed by atoms with Crippen LogP contribution in [0.3, 0.4) is 0 Å². The summed E-state index contributed by atoms with van der Waals surface area (Å²) in [6.45, 7) is 2.78. The van der Waals surface area contributed by atoms with Gasteiger partial charge in [-0.05, 0) is 26.0 Å². The monoisotopic (exact) mass is 313 g/mol. The minimum Gasteiger partial charge on any atom is -0.389 e. The average Bonchev–Trinajstić information content (AvgIpc) is 2.69. The predicted octanol–water partition coefficient (Wildman–Crippen LogP) is 1.17. The molecule has 0 spiro atoms. The van der Waals surface area contributed by atoms with Gasteiger partial charge in [-0.3, -0.25) is 0 Å². The van der Waals surface area contributed by atoms with Gasteiger partial charge in [0.15, 0.2) is 5.82 Å². The largest absolute Gasteiger partial charge is 0.389 e. The molecule has 0 atom stereocenters. The van der Waals surface area contributed by atoms with Crippen LogP contribution in [0.5, 0.6) is 0 Å². The summed E-state index contributed by atoms with van der Waals surface area (Å²) in [5, 5.41) is 16.8. The zero-order valence-electron chi connectivity index (χ0n) is 11.9. The zero-order chi connectivity index (χ0) is 15.8. The molecule has 2 aromatic rings. The van der Waals surface area contributed by atoms with Gasteiger partial charge < -0.3 is 9.67 Å². The molecule has 1 heterocycles. The van der Waals surface area contributed by atoms with E-state index in [-0.39, 0.29) is 16.5 Å². The van der Waals surface area contributed by atoms with Crippen LogP contribution in [0.1, 0.15) is 13.8 Å². The van der Waals surface area contributed by atoms with E-state index in [1.807, 2.05) is 0 Å². The van der Waals surface area contributed by atoms with Gasteiger partial charge in [-0.1, -0.05) is 12.1 Å². The van der Waals surface area contributed by atoms with Crippen LogP contribution >= 0.6 is 0 Å². The second-order valence-corrected chi connectivity index (χ2v) is 7.30. The summed E-state index contributed by atoms with van der Waals surface area (Å²) in [4.78, 5) is 0. The molecule has 1 N–H and O–H groups in total. The molecule has 0 fully saturated rings. The number of sulfone groups is 1. The first-order chi connectivity index (χ1) is 9.62. The quantitative estimate of drug-likeness (QED) is 0.915. The van der Waals surface area contributed by atoms with Crippen molar-refractivity contribution in [2.75, 3.05) is 5.75 Å². The molecule has 8 heteroatoms. The molecule has 0 unspecified atom stereocenters. The van der Waals surface area contributed by atoms with E-state index in [2.05, 4.69) is 10.2 Å². The van der Waals surface area contributed by atoms with Gasteiger partial charge >= 0.3 is 0 Å². The van der Waals surface area contributed by atoms with Crippen LogP contribution in [0.15, 0.2) is 29.4 Å². The van der Waals surface area contributed by atoms with Crippen LogP contribution in [-0.4, -0.2) is 39.6 Å². The Morgan fingerprint density at radius 1 is 1.29 bits per heavy atom.